The van der Waals surface area contributed by atoms with Crippen molar-refractivity contribution in [1.82, 2.24) is 15.0 Å². The summed E-state index contributed by atoms with van der Waals surface area (Å²) >= 11 is 6.37. The Balaban J connectivity index is 2.32. The van der Waals surface area contributed by atoms with Crippen LogP contribution in [-0.2, 0) is 0 Å². The van der Waals surface area contributed by atoms with Gasteiger partial charge < -0.3 is 5.32 Å². The van der Waals surface area contributed by atoms with Crippen LogP contribution in [0.15, 0.2) is 24.5 Å². The fraction of sp³-hybridized carbons (Fsp3) is 0.235. The number of benzene rings is 1. The molecule has 0 fully saturated rings. The zero-order valence-corrected chi connectivity index (χ0v) is 14.2. The molecule has 0 radical (unpaired) electrons. The molecule has 25 heavy (non-hydrogen) atoms. The molecule has 0 saturated heterocycles. The van der Waals surface area contributed by atoms with Crippen molar-refractivity contribution >= 4 is 28.6 Å². The lowest BCUT2D eigenvalue weighted by Gasteiger charge is -2.16. The lowest BCUT2D eigenvalue weighted by Crippen LogP contribution is -2.11. The molecule has 0 spiro atoms. The van der Waals surface area contributed by atoms with Gasteiger partial charge in [-0.3, -0.25) is 0 Å². The van der Waals surface area contributed by atoms with E-state index in [1.54, 1.807) is 0 Å². The summed E-state index contributed by atoms with van der Waals surface area (Å²) in [6, 6.07) is 1.20. The quantitative estimate of drug-likeness (QED) is 0.718. The molecule has 0 unspecified atom stereocenters. The minimum Gasteiger partial charge on any atom is -0.369 e. The van der Waals surface area contributed by atoms with Crippen molar-refractivity contribution < 1.29 is 13.2 Å². The summed E-state index contributed by atoms with van der Waals surface area (Å²) in [6.45, 7) is 4.43. The number of aromatic nitrogens is 3. The molecule has 0 aliphatic carbocycles. The maximum atomic E-state index is 14.3. The first kappa shape index (κ1) is 17.4. The van der Waals surface area contributed by atoms with Crippen LogP contribution in [0.2, 0.25) is 5.02 Å². The zero-order chi connectivity index (χ0) is 18.1. The number of hydrogen-bond acceptors (Lipinski definition) is 4. The average molecular weight is 367 g/mol. The zero-order valence-electron chi connectivity index (χ0n) is 13.4. The molecule has 3 rings (SSSR count). The fourth-order valence-corrected chi connectivity index (χ4v) is 2.71. The van der Waals surface area contributed by atoms with E-state index in [2.05, 4.69) is 20.3 Å². The number of nitrogens with one attached hydrogen (secondary N) is 1. The Morgan fingerprint density at radius 2 is 1.68 bits per heavy atom. The highest BCUT2D eigenvalue weighted by molar-refractivity contribution is 6.38. The van der Waals surface area contributed by atoms with Crippen LogP contribution in [0, 0.1) is 23.4 Å². The highest BCUT2D eigenvalue weighted by atomic mass is 35.5. The Morgan fingerprint density at radius 3 is 2.32 bits per heavy atom. The largest absolute Gasteiger partial charge is 0.369 e. The van der Waals surface area contributed by atoms with Gasteiger partial charge in [0, 0.05) is 31.1 Å². The Kier molecular flexibility index (Phi) is 4.76. The first-order valence-electron chi connectivity index (χ1n) is 7.57. The monoisotopic (exact) mass is 366 g/mol. The highest BCUT2D eigenvalue weighted by Gasteiger charge is 2.23. The summed E-state index contributed by atoms with van der Waals surface area (Å²) in [5.74, 6) is -2.75. The van der Waals surface area contributed by atoms with Gasteiger partial charge in [0.2, 0.25) is 0 Å². The van der Waals surface area contributed by atoms with Crippen LogP contribution in [0.25, 0.3) is 22.3 Å². The molecule has 1 N–H and O–H groups in total. The van der Waals surface area contributed by atoms with Crippen LogP contribution in [0.1, 0.15) is 13.8 Å². The van der Waals surface area contributed by atoms with Crippen LogP contribution in [-0.4, -0.2) is 21.5 Å². The van der Waals surface area contributed by atoms with E-state index in [0.717, 1.165) is 0 Å². The van der Waals surface area contributed by atoms with Crippen molar-refractivity contribution in [2.75, 3.05) is 11.9 Å². The Labute approximate surface area is 147 Å². The molecule has 0 amide bonds. The topological polar surface area (TPSA) is 50.7 Å². The van der Waals surface area contributed by atoms with Crippen LogP contribution >= 0.6 is 11.6 Å². The first-order valence-corrected chi connectivity index (χ1v) is 7.95. The normalized spacial score (nSPS) is 11.3. The molecular formula is C17H14ClF3N4. The van der Waals surface area contributed by atoms with E-state index >= 15 is 0 Å². The highest BCUT2D eigenvalue weighted by Crippen LogP contribution is 2.40. The van der Waals surface area contributed by atoms with Gasteiger partial charge in [-0.25, -0.2) is 28.1 Å². The van der Waals surface area contributed by atoms with Gasteiger partial charge in [-0.2, -0.15) is 0 Å². The standard InChI is InChI=1S/C17H14ClF3N4/c1-8(2)7-24-16-13(12-10(20)5-9(19)6-11(12)21)14(18)15-17(25-16)23-4-3-22-15/h3-6,8H,7H2,1-2H3,(H,23,24,25). The smallest absolute Gasteiger partial charge is 0.181 e. The second-order valence-corrected chi connectivity index (χ2v) is 6.28. The molecule has 2 heterocycles. The van der Waals surface area contributed by atoms with E-state index < -0.39 is 23.0 Å². The Bertz CT molecular complexity index is 924. The molecule has 0 bridgehead atoms. The van der Waals surface area contributed by atoms with Gasteiger partial charge >= 0.3 is 0 Å². The van der Waals surface area contributed by atoms with Crippen LogP contribution < -0.4 is 5.32 Å². The second kappa shape index (κ2) is 6.84. The SMILES string of the molecule is CC(C)CNc1nc2nccnc2c(Cl)c1-c1c(F)cc(F)cc1F. The van der Waals surface area contributed by atoms with Gasteiger partial charge in [0.15, 0.2) is 5.65 Å². The molecule has 0 atom stereocenters. The molecule has 4 nitrogen and oxygen atoms in total. The summed E-state index contributed by atoms with van der Waals surface area (Å²) < 4.78 is 41.9. The van der Waals surface area contributed by atoms with E-state index in [4.69, 9.17) is 11.6 Å². The van der Waals surface area contributed by atoms with Gasteiger partial charge in [0.05, 0.1) is 16.1 Å². The van der Waals surface area contributed by atoms with Gasteiger partial charge in [-0.05, 0) is 5.92 Å². The van der Waals surface area contributed by atoms with Crippen molar-refractivity contribution in [1.29, 1.82) is 0 Å². The number of nitrogens with zero attached hydrogens (tertiary/aromatic N) is 3. The third-order valence-corrected chi connectivity index (χ3v) is 3.86. The summed E-state index contributed by atoms with van der Waals surface area (Å²) in [6.07, 6.45) is 2.84. The number of anilines is 1. The van der Waals surface area contributed by atoms with Gasteiger partial charge in [-0.15, -0.1) is 0 Å². The predicted molar refractivity (Wildman–Crippen MR) is 91.0 cm³/mol. The molecule has 8 heteroatoms. The van der Waals surface area contributed by atoms with E-state index in [0.29, 0.717) is 18.7 Å². The van der Waals surface area contributed by atoms with Gasteiger partial charge in [0.1, 0.15) is 28.8 Å². The summed E-state index contributed by atoms with van der Waals surface area (Å²) in [5, 5.41) is 3.02. The number of fused-ring (bicyclic) bond motifs is 1. The lowest BCUT2D eigenvalue weighted by atomic mass is 10.0. The number of hydrogen-bond donors (Lipinski definition) is 1. The van der Waals surface area contributed by atoms with Gasteiger partial charge in [-0.1, -0.05) is 25.4 Å². The van der Waals surface area contributed by atoms with E-state index in [1.165, 1.54) is 12.4 Å². The van der Waals surface area contributed by atoms with Crippen molar-refractivity contribution in [2.45, 2.75) is 13.8 Å². The predicted octanol–water partition coefficient (Wildman–Crippen LogP) is 4.83. The third kappa shape index (κ3) is 3.37. The number of pyridine rings is 1. The maximum Gasteiger partial charge on any atom is 0.181 e. The molecule has 0 saturated carbocycles. The van der Waals surface area contributed by atoms with Crippen molar-refractivity contribution in [2.24, 2.45) is 5.92 Å². The van der Waals surface area contributed by atoms with E-state index in [-0.39, 0.29) is 33.5 Å². The minimum absolute atomic E-state index is 0.00577. The summed E-state index contributed by atoms with van der Waals surface area (Å²) in [5.41, 5.74) is -0.0224. The lowest BCUT2D eigenvalue weighted by molar-refractivity contribution is 0.548. The fourth-order valence-electron chi connectivity index (χ4n) is 2.39. The summed E-state index contributed by atoms with van der Waals surface area (Å²) in [7, 11) is 0. The molecule has 1 aromatic carbocycles. The molecule has 0 aliphatic heterocycles. The van der Waals surface area contributed by atoms with Crippen molar-refractivity contribution in [3.63, 3.8) is 0 Å². The maximum absolute atomic E-state index is 14.3. The van der Waals surface area contributed by atoms with Gasteiger partial charge in [0.25, 0.3) is 0 Å². The Hall–Kier alpha value is -2.41. The van der Waals surface area contributed by atoms with Crippen LogP contribution in [0.3, 0.4) is 0 Å². The first-order chi connectivity index (χ1) is 11.9. The second-order valence-electron chi connectivity index (χ2n) is 5.90. The molecular weight excluding hydrogens is 353 g/mol. The van der Waals surface area contributed by atoms with E-state index in [1.807, 2.05) is 13.8 Å². The van der Waals surface area contributed by atoms with Crippen molar-refractivity contribution in [3.05, 3.63) is 47.0 Å². The summed E-state index contributed by atoms with van der Waals surface area (Å²) in [4.78, 5) is 12.4. The molecule has 0 aliphatic rings. The van der Waals surface area contributed by atoms with Crippen molar-refractivity contribution in [3.8, 4) is 11.1 Å². The number of rotatable bonds is 4. The van der Waals surface area contributed by atoms with E-state index in [9.17, 15) is 13.2 Å². The number of halogens is 4. The average Bonchev–Trinajstić information content (AvgIpc) is 2.54. The molecule has 130 valence electrons. The van der Waals surface area contributed by atoms with Crippen LogP contribution in [0.4, 0.5) is 19.0 Å². The van der Waals surface area contributed by atoms with Crippen LogP contribution in [0.5, 0.6) is 0 Å². The third-order valence-electron chi connectivity index (χ3n) is 3.50. The molecule has 2 aromatic heterocycles. The minimum atomic E-state index is -1.07. The molecule has 3 aromatic rings. The Morgan fingerprint density at radius 1 is 1.04 bits per heavy atom.